The van der Waals surface area contributed by atoms with Gasteiger partial charge in [0.1, 0.15) is 11.6 Å². The highest BCUT2D eigenvalue weighted by atomic mass is 16.5. The van der Waals surface area contributed by atoms with E-state index in [0.717, 1.165) is 5.56 Å². The molecule has 90 valence electrons. The van der Waals surface area contributed by atoms with Crippen LogP contribution in [-0.4, -0.2) is 16.1 Å². The Morgan fingerprint density at radius 2 is 1.81 bits per heavy atom. The van der Waals surface area contributed by atoms with Crippen LogP contribution in [0.25, 0.3) is 0 Å². The molecule has 0 saturated heterocycles. The fraction of sp³-hybridized carbons (Fsp3) is 0.636. The molecule has 1 aromatic rings. The summed E-state index contributed by atoms with van der Waals surface area (Å²) >= 11 is 0. The lowest BCUT2D eigenvalue weighted by Crippen LogP contribution is -2.21. The molecule has 0 aliphatic carbocycles. The fourth-order valence-electron chi connectivity index (χ4n) is 1.17. The van der Waals surface area contributed by atoms with Crippen LogP contribution in [0.5, 0.6) is 5.88 Å². The summed E-state index contributed by atoms with van der Waals surface area (Å²) in [5.74, 6) is 7.67. The van der Waals surface area contributed by atoms with E-state index in [9.17, 15) is 0 Å². The third kappa shape index (κ3) is 2.82. The van der Waals surface area contributed by atoms with Gasteiger partial charge in [0.05, 0.1) is 11.7 Å². The molecule has 0 amide bonds. The minimum absolute atomic E-state index is 0.110. The molecule has 0 spiro atoms. The van der Waals surface area contributed by atoms with Crippen molar-refractivity contribution in [3.8, 4) is 5.88 Å². The van der Waals surface area contributed by atoms with Crippen LogP contribution in [0.1, 0.15) is 32.2 Å². The zero-order chi connectivity index (χ0) is 12.3. The van der Waals surface area contributed by atoms with Crippen molar-refractivity contribution < 1.29 is 4.74 Å². The molecule has 0 aromatic carbocycles. The normalized spacial score (nSPS) is 12.7. The molecule has 0 aliphatic heterocycles. The van der Waals surface area contributed by atoms with E-state index in [1.807, 2.05) is 20.8 Å². The Hall–Kier alpha value is -1.36. The van der Waals surface area contributed by atoms with Crippen LogP contribution in [0, 0.1) is 19.8 Å². The van der Waals surface area contributed by atoms with Gasteiger partial charge < -0.3 is 10.2 Å². The second kappa shape index (κ2) is 5.12. The Bertz CT molecular complexity index is 365. The molecule has 0 radical (unpaired) electrons. The van der Waals surface area contributed by atoms with E-state index >= 15 is 0 Å². The number of nitrogen functional groups attached to an aromatic ring is 1. The van der Waals surface area contributed by atoms with Gasteiger partial charge in [-0.25, -0.2) is 10.8 Å². The van der Waals surface area contributed by atoms with Gasteiger partial charge in [0.25, 0.3) is 0 Å². The van der Waals surface area contributed by atoms with Gasteiger partial charge in [0.2, 0.25) is 5.88 Å². The highest BCUT2D eigenvalue weighted by molar-refractivity contribution is 5.47. The lowest BCUT2D eigenvalue weighted by atomic mass is 10.1. The summed E-state index contributed by atoms with van der Waals surface area (Å²) in [5, 5.41) is 0. The maximum atomic E-state index is 5.78. The van der Waals surface area contributed by atoms with Gasteiger partial charge in [-0.15, -0.1) is 0 Å². The summed E-state index contributed by atoms with van der Waals surface area (Å²) in [4.78, 5) is 8.45. The van der Waals surface area contributed by atoms with E-state index < -0.39 is 0 Å². The van der Waals surface area contributed by atoms with E-state index in [-0.39, 0.29) is 6.10 Å². The van der Waals surface area contributed by atoms with Crippen molar-refractivity contribution in [3.05, 3.63) is 11.4 Å². The maximum absolute atomic E-state index is 5.78. The number of hydrogen-bond donors (Lipinski definition) is 2. The van der Waals surface area contributed by atoms with E-state index in [4.69, 9.17) is 10.6 Å². The number of aryl methyl sites for hydroxylation is 1. The summed E-state index contributed by atoms with van der Waals surface area (Å²) in [6.45, 7) is 9.94. The number of ether oxygens (including phenoxy) is 1. The van der Waals surface area contributed by atoms with Crippen LogP contribution < -0.4 is 16.0 Å². The molecule has 1 heterocycles. The van der Waals surface area contributed by atoms with Crippen molar-refractivity contribution in [3.63, 3.8) is 0 Å². The summed E-state index contributed by atoms with van der Waals surface area (Å²) in [6, 6.07) is 0. The molecule has 3 N–H and O–H groups in total. The van der Waals surface area contributed by atoms with Crippen molar-refractivity contribution in [1.82, 2.24) is 9.97 Å². The minimum Gasteiger partial charge on any atom is -0.474 e. The van der Waals surface area contributed by atoms with Crippen molar-refractivity contribution in [2.45, 2.75) is 40.7 Å². The first kappa shape index (κ1) is 12.7. The molecular formula is C11H20N4O. The Kier molecular flexibility index (Phi) is 4.06. The topological polar surface area (TPSA) is 73.1 Å². The molecule has 0 saturated carbocycles. The predicted octanol–water partition coefficient (Wildman–Crippen LogP) is 1.80. The highest BCUT2D eigenvalue weighted by Gasteiger charge is 2.14. The summed E-state index contributed by atoms with van der Waals surface area (Å²) in [5.41, 5.74) is 3.38. The number of nitrogens with two attached hydrogens (primary N) is 1. The van der Waals surface area contributed by atoms with Gasteiger partial charge in [-0.3, -0.25) is 0 Å². The molecule has 1 rings (SSSR count). The van der Waals surface area contributed by atoms with Crippen LogP contribution >= 0.6 is 0 Å². The lowest BCUT2D eigenvalue weighted by Gasteiger charge is -2.19. The van der Waals surface area contributed by atoms with Crippen molar-refractivity contribution in [1.29, 1.82) is 0 Å². The summed E-state index contributed by atoms with van der Waals surface area (Å²) in [6.07, 6.45) is 0.110. The first-order valence-corrected chi connectivity index (χ1v) is 5.44. The number of anilines is 1. The first-order chi connectivity index (χ1) is 7.45. The largest absolute Gasteiger partial charge is 0.474 e. The number of nitrogens with one attached hydrogen (secondary N) is 1. The first-order valence-electron chi connectivity index (χ1n) is 5.44. The molecule has 5 nitrogen and oxygen atoms in total. The van der Waals surface area contributed by atoms with Crippen LogP contribution in [-0.2, 0) is 0 Å². The fourth-order valence-corrected chi connectivity index (χ4v) is 1.17. The molecule has 0 aliphatic rings. The molecule has 1 atom stereocenters. The standard InChI is InChI=1S/C11H20N4O/c1-6(2)8(4)16-11-7(3)10(15-12)13-9(5)14-11/h6,8H,12H2,1-5H3,(H,13,14,15). The number of hydrazine groups is 1. The molecular weight excluding hydrogens is 204 g/mol. The average Bonchev–Trinajstić information content (AvgIpc) is 2.22. The van der Waals surface area contributed by atoms with E-state index in [0.29, 0.717) is 23.4 Å². The van der Waals surface area contributed by atoms with Crippen molar-refractivity contribution >= 4 is 5.82 Å². The smallest absolute Gasteiger partial charge is 0.222 e. The van der Waals surface area contributed by atoms with E-state index in [2.05, 4.69) is 29.2 Å². The molecule has 1 aromatic heterocycles. The Morgan fingerprint density at radius 1 is 1.19 bits per heavy atom. The Morgan fingerprint density at radius 3 is 2.31 bits per heavy atom. The summed E-state index contributed by atoms with van der Waals surface area (Å²) in [7, 11) is 0. The molecule has 5 heteroatoms. The molecule has 0 bridgehead atoms. The minimum atomic E-state index is 0.110. The van der Waals surface area contributed by atoms with Crippen molar-refractivity contribution in [2.75, 3.05) is 5.43 Å². The zero-order valence-corrected chi connectivity index (χ0v) is 10.5. The van der Waals surface area contributed by atoms with E-state index in [1.165, 1.54) is 0 Å². The summed E-state index contributed by atoms with van der Waals surface area (Å²) < 4.78 is 5.78. The third-order valence-electron chi connectivity index (χ3n) is 2.59. The Labute approximate surface area is 96.4 Å². The molecule has 16 heavy (non-hydrogen) atoms. The number of aromatic nitrogens is 2. The van der Waals surface area contributed by atoms with Gasteiger partial charge in [0, 0.05) is 0 Å². The van der Waals surface area contributed by atoms with Crippen LogP contribution in [0.15, 0.2) is 0 Å². The maximum Gasteiger partial charge on any atom is 0.222 e. The monoisotopic (exact) mass is 224 g/mol. The van der Waals surface area contributed by atoms with Gasteiger partial charge in [-0.2, -0.15) is 4.98 Å². The average molecular weight is 224 g/mol. The van der Waals surface area contributed by atoms with Gasteiger partial charge >= 0.3 is 0 Å². The second-order valence-electron chi connectivity index (χ2n) is 4.26. The van der Waals surface area contributed by atoms with Gasteiger partial charge in [-0.1, -0.05) is 13.8 Å². The zero-order valence-electron chi connectivity index (χ0n) is 10.5. The van der Waals surface area contributed by atoms with Gasteiger partial charge in [0.15, 0.2) is 0 Å². The predicted molar refractivity (Wildman–Crippen MR) is 64.2 cm³/mol. The number of hydrogen-bond acceptors (Lipinski definition) is 5. The quantitative estimate of drug-likeness (QED) is 0.602. The van der Waals surface area contributed by atoms with Crippen LogP contribution in [0.3, 0.4) is 0 Å². The van der Waals surface area contributed by atoms with Gasteiger partial charge in [-0.05, 0) is 26.7 Å². The van der Waals surface area contributed by atoms with Crippen LogP contribution in [0.4, 0.5) is 5.82 Å². The number of nitrogens with zero attached hydrogens (tertiary/aromatic N) is 2. The Balaban J connectivity index is 2.99. The van der Waals surface area contributed by atoms with Crippen molar-refractivity contribution in [2.24, 2.45) is 11.8 Å². The third-order valence-corrected chi connectivity index (χ3v) is 2.59. The molecule has 1 unspecified atom stereocenters. The lowest BCUT2D eigenvalue weighted by molar-refractivity contribution is 0.161. The number of rotatable bonds is 4. The SMILES string of the molecule is Cc1nc(NN)c(C)c(OC(C)C(C)C)n1. The highest BCUT2D eigenvalue weighted by Crippen LogP contribution is 2.23. The second-order valence-corrected chi connectivity index (χ2v) is 4.26. The van der Waals surface area contributed by atoms with Crippen LogP contribution in [0.2, 0.25) is 0 Å². The van der Waals surface area contributed by atoms with E-state index in [1.54, 1.807) is 0 Å². The molecule has 0 fully saturated rings.